The van der Waals surface area contributed by atoms with E-state index in [1.54, 1.807) is 30.2 Å². The average molecular weight is 415 g/mol. The molecular formula is C22H26N2O2S2. The lowest BCUT2D eigenvalue weighted by atomic mass is 10.1. The summed E-state index contributed by atoms with van der Waals surface area (Å²) in [5, 5.41) is 0. The summed E-state index contributed by atoms with van der Waals surface area (Å²) in [5.41, 5.74) is 4.44. The Labute approximate surface area is 174 Å². The van der Waals surface area contributed by atoms with Crippen molar-refractivity contribution in [2.75, 3.05) is 19.1 Å². The van der Waals surface area contributed by atoms with Crippen molar-refractivity contribution < 1.29 is 9.53 Å². The van der Waals surface area contributed by atoms with E-state index in [2.05, 4.69) is 40.9 Å². The van der Waals surface area contributed by atoms with E-state index >= 15 is 0 Å². The van der Waals surface area contributed by atoms with Crippen molar-refractivity contribution in [3.63, 3.8) is 0 Å². The first-order valence-electron chi connectivity index (χ1n) is 9.38. The molecule has 3 rings (SSSR count). The van der Waals surface area contributed by atoms with Gasteiger partial charge < -0.3 is 9.30 Å². The number of methoxy groups -OCH3 is 1. The fourth-order valence-electron chi connectivity index (χ4n) is 3.19. The summed E-state index contributed by atoms with van der Waals surface area (Å²) in [6.45, 7) is 4.99. The number of hydrogen-bond acceptors (Lipinski definition) is 4. The summed E-state index contributed by atoms with van der Waals surface area (Å²) in [7, 11) is 1.65. The van der Waals surface area contributed by atoms with E-state index in [0.29, 0.717) is 6.42 Å². The number of fused-ring (bicyclic) bond motifs is 1. The van der Waals surface area contributed by atoms with Crippen molar-refractivity contribution in [1.29, 1.82) is 0 Å². The van der Waals surface area contributed by atoms with Crippen LogP contribution in [0, 0.1) is 6.92 Å². The molecule has 2 aromatic carbocycles. The highest BCUT2D eigenvalue weighted by atomic mass is 32.2. The van der Waals surface area contributed by atoms with Crippen molar-refractivity contribution in [3.8, 4) is 5.75 Å². The van der Waals surface area contributed by atoms with Crippen LogP contribution in [-0.4, -0.2) is 29.6 Å². The zero-order valence-corrected chi connectivity index (χ0v) is 18.5. The van der Waals surface area contributed by atoms with Crippen molar-refractivity contribution >= 4 is 39.2 Å². The maximum absolute atomic E-state index is 12.7. The molecule has 1 amide bonds. The Morgan fingerprint density at radius 3 is 2.68 bits per heavy atom. The molecule has 1 aromatic heterocycles. The molecule has 0 bridgehead atoms. The molecule has 0 unspecified atom stereocenters. The normalized spacial score (nSPS) is 11.9. The second-order valence-corrected chi connectivity index (χ2v) is 8.67. The van der Waals surface area contributed by atoms with Crippen LogP contribution in [0.25, 0.3) is 10.2 Å². The van der Waals surface area contributed by atoms with Gasteiger partial charge in [-0.25, -0.2) is 0 Å². The van der Waals surface area contributed by atoms with Crippen molar-refractivity contribution in [2.45, 2.75) is 33.2 Å². The highest BCUT2D eigenvalue weighted by Gasteiger charge is 2.10. The maximum atomic E-state index is 12.7. The summed E-state index contributed by atoms with van der Waals surface area (Å²) in [6.07, 6.45) is 3.39. The van der Waals surface area contributed by atoms with Gasteiger partial charge in [0, 0.05) is 12.3 Å². The second-order valence-electron chi connectivity index (χ2n) is 6.67. The smallest absolute Gasteiger partial charge is 0.252 e. The van der Waals surface area contributed by atoms with Gasteiger partial charge in [0.25, 0.3) is 5.91 Å². The first-order chi connectivity index (χ1) is 13.5. The Morgan fingerprint density at radius 1 is 1.21 bits per heavy atom. The highest BCUT2D eigenvalue weighted by molar-refractivity contribution is 7.98. The number of aromatic nitrogens is 1. The van der Waals surface area contributed by atoms with Crippen LogP contribution in [-0.2, 0) is 24.2 Å². The zero-order chi connectivity index (χ0) is 20.1. The Morgan fingerprint density at radius 2 is 2.00 bits per heavy atom. The molecule has 0 saturated heterocycles. The second kappa shape index (κ2) is 9.43. The van der Waals surface area contributed by atoms with Crippen LogP contribution >= 0.6 is 23.1 Å². The standard InChI is InChI=1S/C22H26N2O2S2/c1-5-16-6-8-18-20(13-16)28-22(24(18)10-11-27-4)23-21(25)14-17-7-9-19(26-3)15(2)12-17/h6-9,12-13H,5,10-11,14H2,1-4H3. The third-order valence-electron chi connectivity index (χ3n) is 4.71. The minimum Gasteiger partial charge on any atom is -0.496 e. The molecule has 148 valence electrons. The van der Waals surface area contributed by atoms with Gasteiger partial charge in [0.15, 0.2) is 4.80 Å². The van der Waals surface area contributed by atoms with Gasteiger partial charge in [-0.15, -0.1) is 0 Å². The number of benzene rings is 2. The van der Waals surface area contributed by atoms with Gasteiger partial charge in [-0.05, 0) is 54.5 Å². The molecule has 0 spiro atoms. The SMILES string of the molecule is CCc1ccc2c(c1)sc(=NC(=O)Cc1ccc(OC)c(C)c1)n2CCSC. The van der Waals surface area contributed by atoms with Crippen molar-refractivity contribution in [3.05, 3.63) is 57.9 Å². The van der Waals surface area contributed by atoms with Crippen LogP contribution in [0.1, 0.15) is 23.6 Å². The maximum Gasteiger partial charge on any atom is 0.252 e. The predicted molar refractivity (Wildman–Crippen MR) is 120 cm³/mol. The van der Waals surface area contributed by atoms with E-state index in [0.717, 1.165) is 45.9 Å². The Balaban J connectivity index is 1.94. The number of ether oxygens (including phenoxy) is 1. The minimum absolute atomic E-state index is 0.121. The number of thioether (sulfide) groups is 1. The van der Waals surface area contributed by atoms with Crippen LogP contribution in [0.2, 0.25) is 0 Å². The number of carbonyl (C=O) groups excluding carboxylic acids is 1. The van der Waals surface area contributed by atoms with E-state index < -0.39 is 0 Å². The fraction of sp³-hybridized carbons (Fsp3) is 0.364. The molecule has 3 aromatic rings. The molecule has 0 aliphatic carbocycles. The van der Waals surface area contributed by atoms with Crippen LogP contribution < -0.4 is 9.54 Å². The van der Waals surface area contributed by atoms with E-state index in [-0.39, 0.29) is 5.91 Å². The van der Waals surface area contributed by atoms with Crippen molar-refractivity contribution in [2.24, 2.45) is 4.99 Å². The first-order valence-corrected chi connectivity index (χ1v) is 11.6. The Kier molecular flexibility index (Phi) is 6.97. The highest BCUT2D eigenvalue weighted by Crippen LogP contribution is 2.21. The predicted octanol–water partition coefficient (Wildman–Crippen LogP) is 4.62. The van der Waals surface area contributed by atoms with Gasteiger partial charge in [0.1, 0.15) is 5.75 Å². The average Bonchev–Trinajstić information content (AvgIpc) is 3.02. The summed E-state index contributed by atoms with van der Waals surface area (Å²) in [4.78, 5) is 17.9. The topological polar surface area (TPSA) is 43.6 Å². The van der Waals surface area contributed by atoms with Gasteiger partial charge in [-0.3, -0.25) is 4.79 Å². The van der Waals surface area contributed by atoms with E-state index in [4.69, 9.17) is 4.74 Å². The van der Waals surface area contributed by atoms with Gasteiger partial charge in [0.05, 0.1) is 23.7 Å². The molecule has 6 heteroatoms. The van der Waals surface area contributed by atoms with Crippen LogP contribution in [0.5, 0.6) is 5.75 Å². The van der Waals surface area contributed by atoms with Gasteiger partial charge in [-0.1, -0.05) is 36.5 Å². The number of amides is 1. The van der Waals surface area contributed by atoms with Crippen LogP contribution in [0.15, 0.2) is 41.4 Å². The fourth-order valence-corrected chi connectivity index (χ4v) is 4.70. The van der Waals surface area contributed by atoms with Crippen molar-refractivity contribution in [1.82, 2.24) is 4.57 Å². The number of thiazole rings is 1. The van der Waals surface area contributed by atoms with Gasteiger partial charge in [0.2, 0.25) is 0 Å². The molecule has 0 aliphatic rings. The van der Waals surface area contributed by atoms with Crippen LogP contribution in [0.3, 0.4) is 0 Å². The lowest BCUT2D eigenvalue weighted by molar-refractivity contribution is -0.117. The van der Waals surface area contributed by atoms with E-state index in [1.165, 1.54) is 10.3 Å². The molecule has 1 heterocycles. The molecule has 0 radical (unpaired) electrons. The third kappa shape index (κ3) is 4.67. The molecule has 0 N–H and O–H groups in total. The molecule has 4 nitrogen and oxygen atoms in total. The van der Waals surface area contributed by atoms with E-state index in [1.807, 2.05) is 25.1 Å². The summed E-state index contributed by atoms with van der Waals surface area (Å²) >= 11 is 3.39. The largest absolute Gasteiger partial charge is 0.496 e. The molecule has 0 saturated carbocycles. The monoisotopic (exact) mass is 414 g/mol. The van der Waals surface area contributed by atoms with Gasteiger partial charge in [-0.2, -0.15) is 16.8 Å². The number of hydrogen-bond donors (Lipinski definition) is 0. The number of nitrogens with zero attached hydrogens (tertiary/aromatic N) is 2. The molecule has 28 heavy (non-hydrogen) atoms. The summed E-state index contributed by atoms with van der Waals surface area (Å²) < 4.78 is 8.66. The minimum atomic E-state index is -0.121. The zero-order valence-electron chi connectivity index (χ0n) is 16.8. The number of aryl methyl sites for hydroxylation is 3. The third-order valence-corrected chi connectivity index (χ3v) is 6.34. The van der Waals surface area contributed by atoms with Gasteiger partial charge >= 0.3 is 0 Å². The molecule has 0 atom stereocenters. The summed E-state index contributed by atoms with van der Waals surface area (Å²) in [6, 6.07) is 12.4. The first kappa shape index (κ1) is 20.7. The summed E-state index contributed by atoms with van der Waals surface area (Å²) in [5.74, 6) is 1.70. The van der Waals surface area contributed by atoms with Crippen LogP contribution in [0.4, 0.5) is 0 Å². The lowest BCUT2D eigenvalue weighted by Crippen LogP contribution is -2.18. The molecule has 0 fully saturated rings. The Bertz CT molecular complexity index is 1050. The Hall–Kier alpha value is -2.05. The molecule has 0 aliphatic heterocycles. The number of carbonyl (C=O) groups is 1. The lowest BCUT2D eigenvalue weighted by Gasteiger charge is -2.06. The number of rotatable bonds is 7. The quantitative estimate of drug-likeness (QED) is 0.567. The van der Waals surface area contributed by atoms with E-state index in [9.17, 15) is 4.79 Å². The molecular weight excluding hydrogens is 388 g/mol.